The predicted molar refractivity (Wildman–Crippen MR) is 115 cm³/mol. The van der Waals surface area contributed by atoms with Gasteiger partial charge in [0.1, 0.15) is 0 Å². The highest BCUT2D eigenvalue weighted by Gasteiger charge is 2.21. The highest BCUT2D eigenvalue weighted by molar-refractivity contribution is 6.02. The summed E-state index contributed by atoms with van der Waals surface area (Å²) in [4.78, 5) is 28.7. The smallest absolute Gasteiger partial charge is 0.291 e. The monoisotopic (exact) mass is 397 g/mol. The van der Waals surface area contributed by atoms with Gasteiger partial charge in [-0.2, -0.15) is 0 Å². The van der Waals surface area contributed by atoms with Crippen LogP contribution >= 0.6 is 0 Å². The van der Waals surface area contributed by atoms with E-state index in [1.807, 2.05) is 29.2 Å². The van der Waals surface area contributed by atoms with E-state index in [9.17, 15) is 9.59 Å². The number of amides is 2. The van der Waals surface area contributed by atoms with Gasteiger partial charge < -0.3 is 19.5 Å². The third-order valence-corrected chi connectivity index (χ3v) is 5.36. The first-order chi connectivity index (χ1) is 14.2. The molecule has 0 saturated carbocycles. The highest BCUT2D eigenvalue weighted by Crippen LogP contribution is 2.20. The number of carbonyl (C=O) groups excluding carboxylic acids is 2. The van der Waals surface area contributed by atoms with Gasteiger partial charge >= 0.3 is 0 Å². The minimum atomic E-state index is -0.260. The van der Waals surface area contributed by atoms with Crippen LogP contribution in [0.1, 0.15) is 56.0 Å². The number of nitrogens with one attached hydrogen (secondary N) is 1. The lowest BCUT2D eigenvalue weighted by atomic mass is 10.1. The SMILES string of the molecule is CCCCCCCC(=O)N1CCN(c2ccc(NC(=O)c3ccco3)cc2)CC1. The zero-order valence-corrected chi connectivity index (χ0v) is 17.2. The van der Waals surface area contributed by atoms with Gasteiger partial charge in [-0.1, -0.05) is 32.6 Å². The molecule has 6 heteroatoms. The van der Waals surface area contributed by atoms with Crippen molar-refractivity contribution in [2.24, 2.45) is 0 Å². The van der Waals surface area contributed by atoms with Crippen molar-refractivity contribution in [2.75, 3.05) is 36.4 Å². The van der Waals surface area contributed by atoms with Crippen molar-refractivity contribution in [1.82, 2.24) is 4.90 Å². The molecule has 2 aromatic rings. The van der Waals surface area contributed by atoms with E-state index < -0.39 is 0 Å². The number of piperazine rings is 1. The molecule has 1 fully saturated rings. The molecule has 1 aliphatic rings. The lowest BCUT2D eigenvalue weighted by molar-refractivity contribution is -0.131. The van der Waals surface area contributed by atoms with E-state index in [1.165, 1.54) is 25.5 Å². The number of rotatable bonds is 9. The molecule has 0 bridgehead atoms. The van der Waals surface area contributed by atoms with E-state index in [2.05, 4.69) is 17.1 Å². The van der Waals surface area contributed by atoms with Crippen molar-refractivity contribution in [1.29, 1.82) is 0 Å². The predicted octanol–water partition coefficient (Wildman–Crippen LogP) is 4.54. The summed E-state index contributed by atoms with van der Waals surface area (Å²) in [6, 6.07) is 11.1. The van der Waals surface area contributed by atoms with Crippen molar-refractivity contribution in [3.8, 4) is 0 Å². The molecule has 6 nitrogen and oxygen atoms in total. The quantitative estimate of drug-likeness (QED) is 0.631. The van der Waals surface area contributed by atoms with Crippen LogP contribution in [0.2, 0.25) is 0 Å². The average molecular weight is 398 g/mol. The Bertz CT molecular complexity index is 763. The Labute approximate surface area is 172 Å². The molecule has 2 amide bonds. The third-order valence-electron chi connectivity index (χ3n) is 5.36. The number of unbranched alkanes of at least 4 members (excludes halogenated alkanes) is 4. The number of benzene rings is 1. The van der Waals surface area contributed by atoms with Crippen LogP contribution in [-0.4, -0.2) is 42.9 Å². The topological polar surface area (TPSA) is 65.8 Å². The van der Waals surface area contributed by atoms with Crippen LogP contribution in [0.25, 0.3) is 0 Å². The number of nitrogens with zero attached hydrogens (tertiary/aromatic N) is 2. The maximum absolute atomic E-state index is 12.4. The lowest BCUT2D eigenvalue weighted by Crippen LogP contribution is -2.48. The molecule has 29 heavy (non-hydrogen) atoms. The molecule has 1 aliphatic heterocycles. The summed E-state index contributed by atoms with van der Waals surface area (Å²) in [5.74, 6) is 0.321. The second-order valence-corrected chi connectivity index (χ2v) is 7.51. The second-order valence-electron chi connectivity index (χ2n) is 7.51. The fraction of sp³-hybridized carbons (Fsp3) is 0.478. The van der Waals surface area contributed by atoms with Crippen molar-refractivity contribution in [3.63, 3.8) is 0 Å². The summed E-state index contributed by atoms with van der Waals surface area (Å²) in [6.07, 6.45) is 8.04. The number of hydrogen-bond donors (Lipinski definition) is 1. The fourth-order valence-corrected chi connectivity index (χ4v) is 3.61. The van der Waals surface area contributed by atoms with Crippen molar-refractivity contribution in [2.45, 2.75) is 45.4 Å². The standard InChI is InChI=1S/C23H31N3O3/c1-2-3-4-5-6-9-22(27)26-16-14-25(15-17-26)20-12-10-19(11-13-20)24-23(28)21-8-7-18-29-21/h7-8,10-13,18H,2-6,9,14-17H2,1H3,(H,24,28). The molecule has 1 aromatic carbocycles. The van der Waals surface area contributed by atoms with Gasteiger partial charge in [0.15, 0.2) is 5.76 Å². The zero-order valence-electron chi connectivity index (χ0n) is 17.2. The van der Waals surface area contributed by atoms with Gasteiger partial charge in [-0.05, 0) is 42.8 Å². The Morgan fingerprint density at radius 3 is 2.34 bits per heavy atom. The molecule has 1 N–H and O–H groups in total. The second kappa shape index (κ2) is 10.7. The van der Waals surface area contributed by atoms with Gasteiger partial charge in [0.05, 0.1) is 6.26 Å². The van der Waals surface area contributed by atoms with Crippen LogP contribution < -0.4 is 10.2 Å². The van der Waals surface area contributed by atoms with Crippen molar-refractivity contribution >= 4 is 23.2 Å². The van der Waals surface area contributed by atoms with E-state index in [0.29, 0.717) is 12.2 Å². The Balaban J connectivity index is 1.42. The largest absolute Gasteiger partial charge is 0.459 e. The van der Waals surface area contributed by atoms with Gasteiger partial charge in [-0.25, -0.2) is 0 Å². The van der Waals surface area contributed by atoms with Gasteiger partial charge in [0.25, 0.3) is 5.91 Å². The van der Waals surface area contributed by atoms with Gasteiger partial charge in [-0.15, -0.1) is 0 Å². The number of anilines is 2. The number of carbonyl (C=O) groups is 2. The average Bonchev–Trinajstić information content (AvgIpc) is 3.29. The summed E-state index contributed by atoms with van der Waals surface area (Å²) in [7, 11) is 0. The molecule has 0 radical (unpaired) electrons. The molecule has 3 rings (SSSR count). The maximum atomic E-state index is 12.4. The first kappa shape index (κ1) is 21.0. The molecule has 0 spiro atoms. The highest BCUT2D eigenvalue weighted by atomic mass is 16.3. The van der Waals surface area contributed by atoms with E-state index in [4.69, 9.17) is 4.42 Å². The zero-order chi connectivity index (χ0) is 20.5. The Kier molecular flexibility index (Phi) is 7.73. The van der Waals surface area contributed by atoms with E-state index in [0.717, 1.165) is 50.4 Å². The first-order valence-corrected chi connectivity index (χ1v) is 10.6. The van der Waals surface area contributed by atoms with Gasteiger partial charge in [-0.3, -0.25) is 9.59 Å². The first-order valence-electron chi connectivity index (χ1n) is 10.6. The molecule has 1 saturated heterocycles. The van der Waals surface area contributed by atoms with Crippen LogP contribution in [0.4, 0.5) is 11.4 Å². The van der Waals surface area contributed by atoms with Crippen LogP contribution in [0, 0.1) is 0 Å². The lowest BCUT2D eigenvalue weighted by Gasteiger charge is -2.36. The van der Waals surface area contributed by atoms with Crippen LogP contribution in [0.3, 0.4) is 0 Å². The third kappa shape index (κ3) is 6.11. The van der Waals surface area contributed by atoms with Crippen LogP contribution in [0.5, 0.6) is 0 Å². The van der Waals surface area contributed by atoms with Crippen molar-refractivity contribution < 1.29 is 14.0 Å². The summed E-state index contributed by atoms with van der Waals surface area (Å²) >= 11 is 0. The van der Waals surface area contributed by atoms with E-state index in [-0.39, 0.29) is 11.8 Å². The molecule has 0 atom stereocenters. The maximum Gasteiger partial charge on any atom is 0.291 e. The Morgan fingerprint density at radius 1 is 0.966 bits per heavy atom. The number of hydrogen-bond acceptors (Lipinski definition) is 4. The Morgan fingerprint density at radius 2 is 1.69 bits per heavy atom. The molecule has 2 heterocycles. The van der Waals surface area contributed by atoms with Crippen LogP contribution in [-0.2, 0) is 4.79 Å². The summed E-state index contributed by atoms with van der Waals surface area (Å²) in [5.41, 5.74) is 1.83. The molecular weight excluding hydrogens is 366 g/mol. The van der Waals surface area contributed by atoms with E-state index in [1.54, 1.807) is 12.1 Å². The molecule has 0 unspecified atom stereocenters. The normalized spacial score (nSPS) is 14.1. The van der Waals surface area contributed by atoms with Gasteiger partial charge in [0.2, 0.25) is 5.91 Å². The van der Waals surface area contributed by atoms with Crippen LogP contribution in [0.15, 0.2) is 47.1 Å². The molecule has 156 valence electrons. The minimum Gasteiger partial charge on any atom is -0.459 e. The number of furan rings is 1. The van der Waals surface area contributed by atoms with Crippen molar-refractivity contribution in [3.05, 3.63) is 48.4 Å². The molecule has 0 aliphatic carbocycles. The Hall–Kier alpha value is -2.76. The summed E-state index contributed by atoms with van der Waals surface area (Å²) in [5, 5.41) is 2.82. The van der Waals surface area contributed by atoms with E-state index >= 15 is 0 Å². The summed E-state index contributed by atoms with van der Waals surface area (Å²) < 4.78 is 5.10. The summed E-state index contributed by atoms with van der Waals surface area (Å²) in [6.45, 7) is 5.41. The molecule has 1 aromatic heterocycles. The molecular formula is C23H31N3O3. The minimum absolute atomic E-state index is 0.260. The fourth-order valence-electron chi connectivity index (χ4n) is 3.61. The van der Waals surface area contributed by atoms with Gasteiger partial charge in [0, 0.05) is 44.0 Å².